The van der Waals surface area contributed by atoms with Gasteiger partial charge in [0.05, 0.1) is 18.5 Å². The molecule has 0 aliphatic heterocycles. The van der Waals surface area contributed by atoms with Gasteiger partial charge in [-0.1, -0.05) is 13.8 Å². The monoisotopic (exact) mass is 324 g/mol. The van der Waals surface area contributed by atoms with Crippen LogP contribution in [0, 0.1) is 5.92 Å². The first kappa shape index (κ1) is 19.4. The average Bonchev–Trinajstić information content (AvgIpc) is 2.48. The van der Waals surface area contributed by atoms with E-state index in [-0.39, 0.29) is 5.91 Å². The van der Waals surface area contributed by atoms with Gasteiger partial charge in [-0.05, 0) is 32.3 Å². The Labute approximate surface area is 138 Å². The number of aromatic nitrogens is 1. The Balaban J connectivity index is 2.67. The van der Waals surface area contributed by atoms with Crippen LogP contribution >= 0.6 is 0 Å². The van der Waals surface area contributed by atoms with Crippen LogP contribution in [0.25, 0.3) is 0 Å². The van der Waals surface area contributed by atoms with Crippen molar-refractivity contribution in [2.75, 3.05) is 32.2 Å². The molecule has 1 aromatic heterocycles. The van der Waals surface area contributed by atoms with Crippen molar-refractivity contribution >= 4 is 11.6 Å². The van der Waals surface area contributed by atoms with E-state index in [0.29, 0.717) is 43.7 Å². The highest BCUT2D eigenvalue weighted by Crippen LogP contribution is 2.23. The molecule has 0 aliphatic rings. The van der Waals surface area contributed by atoms with E-state index < -0.39 is 5.60 Å². The van der Waals surface area contributed by atoms with Gasteiger partial charge in [0.25, 0.3) is 5.91 Å². The number of amides is 1. The zero-order chi connectivity index (χ0) is 17.3. The predicted molar refractivity (Wildman–Crippen MR) is 89.7 cm³/mol. The first-order chi connectivity index (χ1) is 10.9. The molecule has 1 aromatic rings. The van der Waals surface area contributed by atoms with Crippen molar-refractivity contribution in [3.05, 3.63) is 18.3 Å². The third kappa shape index (κ3) is 6.54. The highest BCUT2D eigenvalue weighted by molar-refractivity contribution is 5.96. The number of ether oxygens (including phenoxy) is 3. The molecule has 1 rings (SSSR count). The molecule has 0 saturated heterocycles. The summed E-state index contributed by atoms with van der Waals surface area (Å²) in [5, 5.41) is 2.86. The zero-order valence-corrected chi connectivity index (χ0v) is 14.7. The van der Waals surface area contributed by atoms with Gasteiger partial charge in [-0.3, -0.25) is 4.79 Å². The summed E-state index contributed by atoms with van der Waals surface area (Å²) >= 11 is 0. The van der Waals surface area contributed by atoms with Crippen LogP contribution in [0.5, 0.6) is 5.88 Å². The van der Waals surface area contributed by atoms with Gasteiger partial charge in [0.1, 0.15) is 12.2 Å². The van der Waals surface area contributed by atoms with Crippen LogP contribution in [-0.4, -0.2) is 43.4 Å². The Morgan fingerprint density at radius 2 is 2.09 bits per heavy atom. The fourth-order valence-electron chi connectivity index (χ4n) is 2.35. The van der Waals surface area contributed by atoms with Crippen LogP contribution in [0.1, 0.15) is 34.1 Å². The molecule has 0 aromatic carbocycles. The molecular weight excluding hydrogens is 296 g/mol. The second-order valence-corrected chi connectivity index (χ2v) is 5.94. The smallest absolute Gasteiger partial charge is 0.256 e. The molecule has 0 fully saturated rings. The molecule has 0 saturated carbocycles. The summed E-state index contributed by atoms with van der Waals surface area (Å²) in [4.78, 5) is 16.7. The van der Waals surface area contributed by atoms with Crippen LogP contribution in [0.3, 0.4) is 0 Å². The lowest BCUT2D eigenvalue weighted by molar-refractivity contribution is -0.140. The SMILES string of the molecule is CCO[C@](C)(CC(C)C)C(=O)Nc1ccc(OCCOC)nc1. The standard InChI is InChI=1S/C17H28N2O4/c1-6-23-17(4,11-13(2)3)16(20)19-14-7-8-15(18-12-14)22-10-9-21-5/h7-8,12-13H,6,9-11H2,1-5H3,(H,19,20)/t17-/m1/s1. The molecule has 1 heterocycles. The number of pyridine rings is 1. The average molecular weight is 324 g/mol. The summed E-state index contributed by atoms with van der Waals surface area (Å²) in [6.45, 7) is 9.27. The fourth-order valence-corrected chi connectivity index (χ4v) is 2.35. The fraction of sp³-hybridized carbons (Fsp3) is 0.647. The maximum Gasteiger partial charge on any atom is 0.256 e. The first-order valence-corrected chi connectivity index (χ1v) is 7.94. The van der Waals surface area contributed by atoms with Gasteiger partial charge in [-0.25, -0.2) is 4.98 Å². The number of rotatable bonds is 10. The van der Waals surface area contributed by atoms with Crippen molar-refractivity contribution < 1.29 is 19.0 Å². The summed E-state index contributed by atoms with van der Waals surface area (Å²) in [7, 11) is 1.61. The number of anilines is 1. The Hall–Kier alpha value is -1.66. The van der Waals surface area contributed by atoms with E-state index in [9.17, 15) is 4.79 Å². The maximum absolute atomic E-state index is 12.5. The van der Waals surface area contributed by atoms with Gasteiger partial charge >= 0.3 is 0 Å². The number of carbonyl (C=O) groups excluding carboxylic acids is 1. The molecule has 6 nitrogen and oxygen atoms in total. The second kappa shape index (κ2) is 9.47. The lowest BCUT2D eigenvalue weighted by Gasteiger charge is -2.29. The van der Waals surface area contributed by atoms with Gasteiger partial charge in [0.15, 0.2) is 0 Å². The highest BCUT2D eigenvalue weighted by atomic mass is 16.5. The van der Waals surface area contributed by atoms with Crippen LogP contribution in [0.2, 0.25) is 0 Å². The van der Waals surface area contributed by atoms with E-state index in [1.165, 1.54) is 0 Å². The summed E-state index contributed by atoms with van der Waals surface area (Å²) in [5.74, 6) is 0.685. The largest absolute Gasteiger partial charge is 0.475 e. The molecule has 0 bridgehead atoms. The second-order valence-electron chi connectivity index (χ2n) is 5.94. The molecule has 1 amide bonds. The van der Waals surface area contributed by atoms with Crippen molar-refractivity contribution in [2.24, 2.45) is 5.92 Å². The van der Waals surface area contributed by atoms with Crippen LogP contribution in [0.4, 0.5) is 5.69 Å². The van der Waals surface area contributed by atoms with E-state index in [1.54, 1.807) is 25.4 Å². The number of hydrogen-bond acceptors (Lipinski definition) is 5. The first-order valence-electron chi connectivity index (χ1n) is 7.94. The predicted octanol–water partition coefficient (Wildman–Crippen LogP) is 2.89. The topological polar surface area (TPSA) is 69.7 Å². The van der Waals surface area contributed by atoms with Crippen molar-refractivity contribution in [3.63, 3.8) is 0 Å². The Bertz CT molecular complexity index is 476. The number of methoxy groups -OCH3 is 1. The minimum absolute atomic E-state index is 0.164. The molecule has 23 heavy (non-hydrogen) atoms. The molecule has 1 N–H and O–H groups in total. The lowest BCUT2D eigenvalue weighted by atomic mass is 9.93. The minimum atomic E-state index is -0.851. The molecule has 0 unspecified atom stereocenters. The van der Waals surface area contributed by atoms with Gasteiger partial charge in [-0.2, -0.15) is 0 Å². The Kier molecular flexibility index (Phi) is 7.98. The number of nitrogens with one attached hydrogen (secondary N) is 1. The van der Waals surface area contributed by atoms with E-state index >= 15 is 0 Å². The van der Waals surface area contributed by atoms with Crippen LogP contribution in [0.15, 0.2) is 18.3 Å². The maximum atomic E-state index is 12.5. The molecule has 0 radical (unpaired) electrons. The summed E-state index contributed by atoms with van der Waals surface area (Å²) in [5.41, 5.74) is -0.236. The van der Waals surface area contributed by atoms with Crippen LogP contribution < -0.4 is 10.1 Å². The molecule has 6 heteroatoms. The zero-order valence-electron chi connectivity index (χ0n) is 14.7. The highest BCUT2D eigenvalue weighted by Gasteiger charge is 2.34. The van der Waals surface area contributed by atoms with Gasteiger partial charge < -0.3 is 19.5 Å². The van der Waals surface area contributed by atoms with Gasteiger partial charge in [0, 0.05) is 19.8 Å². The summed E-state index contributed by atoms with van der Waals surface area (Å²) < 4.78 is 16.0. The molecule has 130 valence electrons. The van der Waals surface area contributed by atoms with Crippen LogP contribution in [-0.2, 0) is 14.3 Å². The Morgan fingerprint density at radius 3 is 2.61 bits per heavy atom. The van der Waals surface area contributed by atoms with E-state index in [0.717, 1.165) is 0 Å². The third-order valence-corrected chi connectivity index (χ3v) is 3.27. The molecule has 0 aliphatic carbocycles. The van der Waals surface area contributed by atoms with E-state index in [2.05, 4.69) is 24.1 Å². The van der Waals surface area contributed by atoms with Gasteiger partial charge in [-0.15, -0.1) is 0 Å². The van der Waals surface area contributed by atoms with Crippen molar-refractivity contribution in [3.8, 4) is 5.88 Å². The van der Waals surface area contributed by atoms with E-state index in [4.69, 9.17) is 14.2 Å². The molecule has 1 atom stereocenters. The minimum Gasteiger partial charge on any atom is -0.475 e. The summed E-state index contributed by atoms with van der Waals surface area (Å²) in [6, 6.07) is 3.47. The lowest BCUT2D eigenvalue weighted by Crippen LogP contribution is -2.44. The van der Waals surface area contributed by atoms with Crippen molar-refractivity contribution in [1.82, 2.24) is 4.98 Å². The molecule has 0 spiro atoms. The normalized spacial score (nSPS) is 13.7. The van der Waals surface area contributed by atoms with Gasteiger partial charge in [0.2, 0.25) is 5.88 Å². The third-order valence-electron chi connectivity index (χ3n) is 3.27. The number of hydrogen-bond donors (Lipinski definition) is 1. The number of carbonyl (C=O) groups is 1. The van der Waals surface area contributed by atoms with E-state index in [1.807, 2.05) is 13.8 Å². The number of nitrogens with zero attached hydrogens (tertiary/aromatic N) is 1. The quantitative estimate of drug-likeness (QED) is 0.670. The summed E-state index contributed by atoms with van der Waals surface area (Å²) in [6.07, 6.45) is 2.22. The Morgan fingerprint density at radius 1 is 1.35 bits per heavy atom. The van der Waals surface area contributed by atoms with Crippen molar-refractivity contribution in [1.29, 1.82) is 0 Å². The van der Waals surface area contributed by atoms with Crippen molar-refractivity contribution in [2.45, 2.75) is 39.7 Å². The molecular formula is C17H28N2O4.